The minimum Gasteiger partial charge on any atom is -0.506 e. The van der Waals surface area contributed by atoms with Gasteiger partial charge in [0.25, 0.3) is 29.5 Å². The lowest BCUT2D eigenvalue weighted by atomic mass is 9.85. The number of aliphatic hydroxyl groups is 2. The molecule has 13 N–H and O–H groups in total. The fourth-order valence-electron chi connectivity index (χ4n) is 11.0. The molecule has 0 aliphatic carbocycles. The predicted octanol–water partition coefficient (Wildman–Crippen LogP) is 4.13. The Kier molecular flexibility index (Phi) is 21.6. The lowest BCUT2D eigenvalue weighted by Gasteiger charge is -2.48. The molecular formula is C61H64N14O18S5. The number of primary amides is 3. The number of esters is 2. The van der Waals surface area contributed by atoms with Crippen LogP contribution in [0.3, 0.4) is 0 Å². The molecule has 9 heterocycles. The topological polar surface area (TPSA) is 473 Å². The van der Waals surface area contributed by atoms with Crippen molar-refractivity contribution in [2.24, 2.45) is 17.2 Å². The zero-order valence-corrected chi connectivity index (χ0v) is 57.1. The number of allylic oxidation sites excluding steroid dienone is 1. The summed E-state index contributed by atoms with van der Waals surface area (Å²) in [5, 5.41) is 61.1. The van der Waals surface area contributed by atoms with Crippen molar-refractivity contribution < 1.29 is 87.3 Å². The number of amides is 6. The third-order valence-electron chi connectivity index (χ3n) is 15.4. The molecule has 98 heavy (non-hydrogen) atoms. The highest BCUT2D eigenvalue weighted by Gasteiger charge is 2.50. The zero-order valence-electron chi connectivity index (χ0n) is 53.0. The number of hydrogen-bond donors (Lipinski definition) is 10. The Labute approximate surface area is 576 Å². The van der Waals surface area contributed by atoms with E-state index in [1.165, 1.54) is 47.7 Å². The van der Waals surface area contributed by atoms with Crippen molar-refractivity contribution in [3.63, 3.8) is 0 Å². The van der Waals surface area contributed by atoms with E-state index in [2.05, 4.69) is 42.5 Å². The summed E-state index contributed by atoms with van der Waals surface area (Å²) < 4.78 is 37.8. The number of benzene rings is 1. The molecule has 10 rings (SSSR count). The first-order valence-electron chi connectivity index (χ1n) is 29.5. The van der Waals surface area contributed by atoms with E-state index in [1.54, 1.807) is 57.3 Å². The van der Waals surface area contributed by atoms with Gasteiger partial charge >= 0.3 is 11.9 Å². The van der Waals surface area contributed by atoms with Crippen LogP contribution in [-0.2, 0) is 62.4 Å². The second-order valence-electron chi connectivity index (χ2n) is 22.8. The summed E-state index contributed by atoms with van der Waals surface area (Å²) >= 11 is 4.90. The lowest BCUT2D eigenvalue weighted by molar-refractivity contribution is -0.280. The summed E-state index contributed by atoms with van der Waals surface area (Å²) in [5.41, 5.74) is 14.5. The Bertz CT molecular complexity index is 4490. The molecule has 1 saturated heterocycles. The molecule has 0 saturated carbocycles. The largest absolute Gasteiger partial charge is 0.506 e. The van der Waals surface area contributed by atoms with Crippen LogP contribution in [0.2, 0.25) is 0 Å². The van der Waals surface area contributed by atoms with E-state index in [-0.39, 0.29) is 125 Å². The molecule has 2 aliphatic rings. The molecule has 7 aromatic heterocycles. The van der Waals surface area contributed by atoms with Gasteiger partial charge in [-0.2, -0.15) is 4.73 Å². The van der Waals surface area contributed by atoms with Gasteiger partial charge < -0.3 is 87.0 Å². The number of nitrogens with one attached hydrogen (secondary N) is 3. The fourth-order valence-corrected chi connectivity index (χ4v) is 15.2. The summed E-state index contributed by atoms with van der Waals surface area (Å²) in [6, 6.07) is 3.78. The summed E-state index contributed by atoms with van der Waals surface area (Å²) in [4.78, 5) is 136. The molecule has 0 bridgehead atoms. The van der Waals surface area contributed by atoms with E-state index in [1.807, 2.05) is 0 Å². The van der Waals surface area contributed by atoms with Crippen LogP contribution in [-0.4, -0.2) is 178 Å². The molecule has 32 nitrogen and oxygen atoms in total. The van der Waals surface area contributed by atoms with Gasteiger partial charge in [0.2, 0.25) is 5.91 Å². The van der Waals surface area contributed by atoms with E-state index in [0.717, 1.165) is 56.7 Å². The van der Waals surface area contributed by atoms with Crippen LogP contribution in [0.4, 0.5) is 0 Å². The van der Waals surface area contributed by atoms with Gasteiger partial charge in [-0.3, -0.25) is 28.8 Å². The summed E-state index contributed by atoms with van der Waals surface area (Å²) in [6.07, 6.45) is -7.30. The van der Waals surface area contributed by atoms with E-state index in [9.17, 15) is 54.1 Å². The molecule has 1 aromatic carbocycles. The monoisotopic (exact) mass is 1440 g/mol. The third-order valence-corrected chi connectivity index (χ3v) is 19.8. The van der Waals surface area contributed by atoms with Gasteiger partial charge in [-0.25, -0.2) is 39.5 Å². The van der Waals surface area contributed by atoms with E-state index in [0.29, 0.717) is 15.3 Å². The number of hydrogen-bond acceptors (Lipinski definition) is 30. The average molecular weight is 1440 g/mol. The Morgan fingerprint density at radius 3 is 2.23 bits per heavy atom. The Morgan fingerprint density at radius 2 is 1.56 bits per heavy atom. The third kappa shape index (κ3) is 15.4. The molecule has 8 atom stereocenters. The number of rotatable bonds is 24. The molecule has 6 amide bonds. The van der Waals surface area contributed by atoms with Crippen molar-refractivity contribution in [2.45, 2.75) is 109 Å². The van der Waals surface area contributed by atoms with Gasteiger partial charge in [0.15, 0.2) is 18.1 Å². The molecule has 1 fully saturated rings. The van der Waals surface area contributed by atoms with Crippen molar-refractivity contribution in [1.29, 1.82) is 0 Å². The molecule has 0 radical (unpaired) electrons. The van der Waals surface area contributed by atoms with Crippen molar-refractivity contribution in [3.8, 4) is 38.4 Å². The number of likely N-dealkylation sites (N-methyl/N-ethyl adjacent to an activating group) is 1. The highest BCUT2D eigenvalue weighted by molar-refractivity contribution is 7.14. The number of aromatic nitrogens is 7. The number of aliphatic hydroxyl groups excluding tert-OH is 1. The summed E-state index contributed by atoms with van der Waals surface area (Å²) in [6.45, 7) is 8.18. The minimum atomic E-state index is -1.92. The first-order chi connectivity index (χ1) is 46.5. The number of carbonyl (C=O) groups is 8. The quantitative estimate of drug-likeness (QED) is 0.0176. The van der Waals surface area contributed by atoms with E-state index in [4.69, 9.17) is 55.6 Å². The van der Waals surface area contributed by atoms with Gasteiger partial charge in [0.1, 0.15) is 95.8 Å². The average Bonchev–Trinajstić information content (AvgIpc) is 1.56. The van der Waals surface area contributed by atoms with Crippen LogP contribution in [0.25, 0.3) is 49.3 Å². The predicted molar refractivity (Wildman–Crippen MR) is 354 cm³/mol. The minimum absolute atomic E-state index is 0.00444. The Hall–Kier alpha value is -9.54. The van der Waals surface area contributed by atoms with Gasteiger partial charge in [-0.05, 0) is 59.5 Å². The van der Waals surface area contributed by atoms with E-state index < -0.39 is 120 Å². The van der Waals surface area contributed by atoms with Crippen LogP contribution >= 0.6 is 56.7 Å². The molecular weight excluding hydrogens is 1380 g/mol. The molecule has 1 unspecified atom stereocenters. The second kappa shape index (κ2) is 29.7. The highest BCUT2D eigenvalue weighted by Crippen LogP contribution is 2.42. The number of pyridine rings is 1. The number of thiazole rings is 5. The Balaban J connectivity index is 0.985. The smallest absolute Gasteiger partial charge is 0.358 e. The summed E-state index contributed by atoms with van der Waals surface area (Å²) in [7, 11) is 4.88. The van der Waals surface area contributed by atoms with Crippen LogP contribution in [0.15, 0.2) is 69.2 Å². The van der Waals surface area contributed by atoms with E-state index >= 15 is 4.79 Å². The number of methoxy groups -OCH3 is 1. The number of nitrogens with two attached hydrogens (primary N) is 3. The highest BCUT2D eigenvalue weighted by atomic mass is 32.1. The number of carbonyl (C=O) groups excluding carboxylic acids is 8. The number of nitrogens with zero attached hydrogens (tertiary/aromatic N) is 8. The molecule has 8 aromatic rings. The standard InChI is InChI=1S/C61H64N14O18S5/c1-24(76)14-38(78)71-42(26(3)88-8)56-69-35(23-97-56)54(83)73-45(58-68-33(21-96-58)52(64)81)47-48(93-40-16-61(5,86)49(74(6)7)27(4)92-40)60(85)91-17-28-10-9-11-36-41(28)30(18-90-47)46(75(36)87)59(84)89-13-12-39-66-31(19-94-39)43-29(55-67-32(20-95-55)51(63)80)15-37(77)44(72-43)57-70-34(22-98-57)53(82)65-25(2)50(62)79/h9-11,15,19-24,27,40,45,47-49,76-77,86-87H,2,12-14,16-18H2,1,3-8H3,(H2,62,79)(H2,63,80)(H2,64,81)(H,65,82)(H,71,78)(H,73,83)/b42-26+/t24-,27+,40+,45+,47?,48+,49-,61+/m1/s1. The van der Waals surface area contributed by atoms with Crippen LogP contribution in [0.1, 0.15) is 125 Å². The number of aromatic hydroxyl groups is 1. The zero-order chi connectivity index (χ0) is 70.8. The van der Waals surface area contributed by atoms with Gasteiger partial charge in [0.05, 0.1) is 66.8 Å². The van der Waals surface area contributed by atoms with Crippen molar-refractivity contribution >= 4 is 121 Å². The van der Waals surface area contributed by atoms with Crippen LogP contribution in [0.5, 0.6) is 5.75 Å². The first kappa shape index (κ1) is 71.2. The molecule has 0 spiro atoms. The Morgan fingerprint density at radius 1 is 0.878 bits per heavy atom. The molecule has 2 aliphatic heterocycles. The van der Waals surface area contributed by atoms with Crippen molar-refractivity contribution in [3.05, 3.63) is 124 Å². The number of ether oxygens (including phenoxy) is 6. The maximum atomic E-state index is 15.0. The van der Waals surface area contributed by atoms with Crippen LogP contribution < -0.4 is 33.2 Å². The normalized spacial score (nSPS) is 19.6. The van der Waals surface area contributed by atoms with Gasteiger partial charge in [-0.1, -0.05) is 18.7 Å². The van der Waals surface area contributed by atoms with Gasteiger partial charge in [-0.15, -0.1) is 56.7 Å². The lowest BCUT2D eigenvalue weighted by Crippen LogP contribution is -2.62. The van der Waals surface area contributed by atoms with Crippen molar-refractivity contribution in [1.82, 2.24) is 55.5 Å². The van der Waals surface area contributed by atoms with Crippen molar-refractivity contribution in [2.75, 3.05) is 27.8 Å². The SMILES string of the molecule is C=C(NC(=O)c1csc(-c2nc(-c3csc(CCOC(=O)c4c5c6c(cccc6n4O)COC(=O)[C@@H](O[C@H]4C[C@](C)(O)[C@H](N(C)C)[C@H](C)O4)C([C@H](NC(=O)c4csc(/C(NC(=O)C[C@@H](C)O)=C(/C)OC)n4)c4nc(C(N)=O)cs4)OC5)n3)c(-c3nc(C(N)=O)cs3)cc2O)n1)C(N)=O. The first-order valence-corrected chi connectivity index (χ1v) is 33.9. The maximum Gasteiger partial charge on any atom is 0.358 e. The fraction of sp³-hybridized carbons (Fsp3) is 0.344. The number of cyclic esters (lactones) is 1. The molecule has 37 heteroatoms. The molecule has 516 valence electrons. The maximum absolute atomic E-state index is 15.0. The summed E-state index contributed by atoms with van der Waals surface area (Å²) in [5.74, 6) is -7.37. The van der Waals surface area contributed by atoms with Crippen LogP contribution in [0, 0.1) is 0 Å². The van der Waals surface area contributed by atoms with Gasteiger partial charge in [0, 0.05) is 56.3 Å². The second-order valence-corrected chi connectivity index (χ2v) is 27.2.